The van der Waals surface area contributed by atoms with E-state index in [2.05, 4.69) is 25.6 Å². The van der Waals surface area contributed by atoms with Crippen LogP contribution in [0.25, 0.3) is 16.8 Å². The number of hydrogen-bond acceptors (Lipinski definition) is 5. The molecule has 132 valence electrons. The Morgan fingerprint density at radius 1 is 0.963 bits per heavy atom. The van der Waals surface area contributed by atoms with Crippen molar-refractivity contribution in [2.45, 2.75) is 6.42 Å². The summed E-state index contributed by atoms with van der Waals surface area (Å²) in [4.78, 5) is 20.6. The van der Waals surface area contributed by atoms with Crippen molar-refractivity contribution < 1.29 is 4.79 Å². The second-order valence-electron chi connectivity index (χ2n) is 5.89. The second kappa shape index (κ2) is 7.57. The maximum absolute atomic E-state index is 12.2. The third-order valence-corrected chi connectivity index (χ3v) is 3.93. The van der Waals surface area contributed by atoms with Gasteiger partial charge in [-0.15, -0.1) is 5.10 Å². The van der Waals surface area contributed by atoms with Gasteiger partial charge in [-0.2, -0.15) is 0 Å². The minimum absolute atomic E-state index is 0.113. The first kappa shape index (κ1) is 16.6. The third-order valence-electron chi connectivity index (χ3n) is 3.93. The van der Waals surface area contributed by atoms with Gasteiger partial charge in [0.1, 0.15) is 5.82 Å². The summed E-state index contributed by atoms with van der Waals surface area (Å²) >= 11 is 0. The molecule has 0 bridgehead atoms. The summed E-state index contributed by atoms with van der Waals surface area (Å²) in [7, 11) is 0. The van der Waals surface area contributed by atoms with Crippen molar-refractivity contribution in [3.8, 4) is 16.8 Å². The molecule has 0 saturated heterocycles. The van der Waals surface area contributed by atoms with E-state index in [-0.39, 0.29) is 12.3 Å². The molecule has 7 nitrogen and oxygen atoms in total. The largest absolute Gasteiger partial charge is 0.310 e. The summed E-state index contributed by atoms with van der Waals surface area (Å²) in [6.45, 7) is 0. The summed E-state index contributed by atoms with van der Waals surface area (Å²) < 4.78 is 1.59. The molecule has 1 N–H and O–H groups in total. The van der Waals surface area contributed by atoms with E-state index in [1.165, 1.54) is 0 Å². The minimum atomic E-state index is -0.201. The van der Waals surface area contributed by atoms with Crippen LogP contribution in [0.2, 0.25) is 0 Å². The fourth-order valence-corrected chi connectivity index (χ4v) is 2.62. The summed E-state index contributed by atoms with van der Waals surface area (Å²) in [5, 5.41) is 10.8. The lowest BCUT2D eigenvalue weighted by Crippen LogP contribution is -2.15. The molecular formula is C20H16N6O. The van der Waals surface area contributed by atoms with Crippen LogP contribution in [0.1, 0.15) is 5.69 Å². The van der Waals surface area contributed by atoms with E-state index in [0.717, 1.165) is 16.8 Å². The van der Waals surface area contributed by atoms with Gasteiger partial charge >= 0.3 is 0 Å². The van der Waals surface area contributed by atoms with Crippen LogP contribution in [0.5, 0.6) is 0 Å². The van der Waals surface area contributed by atoms with Gasteiger partial charge in [0, 0.05) is 18.0 Å². The summed E-state index contributed by atoms with van der Waals surface area (Å²) in [5.74, 6) is 0.299. The molecule has 0 aliphatic carbocycles. The molecule has 0 unspecified atom stereocenters. The van der Waals surface area contributed by atoms with Gasteiger partial charge in [0.25, 0.3) is 0 Å². The monoisotopic (exact) mass is 356 g/mol. The predicted octanol–water partition coefficient (Wildman–Crippen LogP) is 2.91. The van der Waals surface area contributed by atoms with Crippen molar-refractivity contribution >= 4 is 11.7 Å². The number of nitrogens with one attached hydrogen (secondary N) is 1. The molecule has 0 radical (unpaired) electrons. The maximum atomic E-state index is 12.2. The highest BCUT2D eigenvalue weighted by Crippen LogP contribution is 2.19. The first-order valence-electron chi connectivity index (χ1n) is 8.41. The number of aromatic nitrogens is 5. The first-order valence-corrected chi connectivity index (χ1v) is 8.41. The minimum Gasteiger partial charge on any atom is -0.310 e. The maximum Gasteiger partial charge on any atom is 0.231 e. The molecule has 3 heterocycles. The molecular weight excluding hydrogens is 340 g/mol. The highest BCUT2D eigenvalue weighted by Gasteiger charge is 2.09. The van der Waals surface area contributed by atoms with Crippen LogP contribution >= 0.6 is 0 Å². The van der Waals surface area contributed by atoms with Gasteiger partial charge in [0.15, 0.2) is 0 Å². The molecule has 0 atom stereocenters. The smallest absolute Gasteiger partial charge is 0.231 e. The lowest BCUT2D eigenvalue weighted by molar-refractivity contribution is -0.115. The zero-order valence-corrected chi connectivity index (χ0v) is 14.4. The average Bonchev–Trinajstić information content (AvgIpc) is 3.18. The van der Waals surface area contributed by atoms with E-state index >= 15 is 0 Å². The van der Waals surface area contributed by atoms with Gasteiger partial charge in [0.2, 0.25) is 5.91 Å². The van der Waals surface area contributed by atoms with Gasteiger partial charge < -0.3 is 5.32 Å². The Morgan fingerprint density at radius 3 is 2.59 bits per heavy atom. The highest BCUT2D eigenvalue weighted by atomic mass is 16.1. The van der Waals surface area contributed by atoms with E-state index in [4.69, 9.17) is 0 Å². The Morgan fingerprint density at radius 2 is 1.85 bits per heavy atom. The highest BCUT2D eigenvalue weighted by molar-refractivity contribution is 5.91. The molecule has 27 heavy (non-hydrogen) atoms. The van der Waals surface area contributed by atoms with E-state index in [1.54, 1.807) is 35.5 Å². The first-order chi connectivity index (χ1) is 13.3. The van der Waals surface area contributed by atoms with E-state index in [0.29, 0.717) is 11.5 Å². The van der Waals surface area contributed by atoms with Crippen molar-refractivity contribution in [2.24, 2.45) is 0 Å². The number of carbonyl (C=O) groups excluding carboxylic acids is 1. The molecule has 0 aliphatic heterocycles. The number of pyridine rings is 2. The van der Waals surface area contributed by atoms with Gasteiger partial charge in [-0.3, -0.25) is 9.78 Å². The van der Waals surface area contributed by atoms with Crippen molar-refractivity contribution in [3.63, 3.8) is 0 Å². The van der Waals surface area contributed by atoms with Gasteiger partial charge in [-0.25, -0.2) is 9.67 Å². The average molecular weight is 356 g/mol. The van der Waals surface area contributed by atoms with Gasteiger partial charge in [-0.05, 0) is 29.8 Å². The lowest BCUT2D eigenvalue weighted by Gasteiger charge is -2.05. The van der Waals surface area contributed by atoms with Crippen molar-refractivity contribution in [3.05, 3.63) is 85.1 Å². The van der Waals surface area contributed by atoms with E-state index in [1.807, 2.05) is 48.5 Å². The third kappa shape index (κ3) is 4.04. The number of rotatable bonds is 5. The number of benzene rings is 1. The van der Waals surface area contributed by atoms with Crippen LogP contribution in [0.4, 0.5) is 5.82 Å². The second-order valence-corrected chi connectivity index (χ2v) is 5.89. The molecule has 1 amide bonds. The topological polar surface area (TPSA) is 85.6 Å². The molecule has 0 aliphatic rings. The van der Waals surface area contributed by atoms with Crippen LogP contribution in [0, 0.1) is 0 Å². The molecule has 0 saturated carbocycles. The number of anilines is 1. The van der Waals surface area contributed by atoms with Crippen molar-refractivity contribution in [2.75, 3.05) is 5.32 Å². The number of amides is 1. The van der Waals surface area contributed by atoms with Crippen LogP contribution in [-0.2, 0) is 11.2 Å². The fraction of sp³-hybridized carbons (Fsp3) is 0.0500. The quantitative estimate of drug-likeness (QED) is 0.594. The van der Waals surface area contributed by atoms with E-state index in [9.17, 15) is 4.79 Å². The van der Waals surface area contributed by atoms with Crippen LogP contribution in [0.15, 0.2) is 79.4 Å². The summed E-state index contributed by atoms with van der Waals surface area (Å²) in [5.41, 5.74) is 3.43. The van der Waals surface area contributed by atoms with Crippen LogP contribution < -0.4 is 5.32 Å². The lowest BCUT2D eigenvalue weighted by atomic mass is 10.1. The summed E-state index contributed by atoms with van der Waals surface area (Å²) in [6, 6.07) is 17.3. The Balaban J connectivity index is 1.39. The zero-order valence-electron chi connectivity index (χ0n) is 14.4. The van der Waals surface area contributed by atoms with Crippen molar-refractivity contribution in [1.29, 1.82) is 0 Å². The number of carbonyl (C=O) groups is 1. The molecule has 0 spiro atoms. The summed E-state index contributed by atoms with van der Waals surface area (Å²) in [6.07, 6.45) is 6.93. The Bertz CT molecular complexity index is 1030. The Hall–Kier alpha value is -3.87. The SMILES string of the molecule is O=C(Cc1cn(-c2cccnc2)nn1)Nc1ccc(-c2ccccc2)cn1. The molecule has 4 aromatic rings. The zero-order chi connectivity index (χ0) is 18.5. The van der Waals surface area contributed by atoms with Gasteiger partial charge in [0.05, 0.1) is 30.2 Å². The number of hydrogen-bond donors (Lipinski definition) is 1. The van der Waals surface area contributed by atoms with Crippen LogP contribution in [-0.4, -0.2) is 30.9 Å². The van der Waals surface area contributed by atoms with Gasteiger partial charge in [-0.1, -0.05) is 35.5 Å². The standard InChI is InChI=1S/C20H16N6O/c27-20(11-17-14-26(25-24-17)18-7-4-10-21-13-18)23-19-9-8-16(12-22-19)15-5-2-1-3-6-15/h1-10,12-14H,11H2,(H,22,23,27). The van der Waals surface area contributed by atoms with Crippen LogP contribution in [0.3, 0.4) is 0 Å². The molecule has 1 aromatic carbocycles. The van der Waals surface area contributed by atoms with E-state index < -0.39 is 0 Å². The molecule has 7 heteroatoms. The number of nitrogens with zero attached hydrogens (tertiary/aromatic N) is 5. The molecule has 3 aromatic heterocycles. The fourth-order valence-electron chi connectivity index (χ4n) is 2.62. The molecule has 4 rings (SSSR count). The normalized spacial score (nSPS) is 10.5. The Kier molecular flexibility index (Phi) is 4.65. The predicted molar refractivity (Wildman–Crippen MR) is 101 cm³/mol. The van der Waals surface area contributed by atoms with Crippen molar-refractivity contribution in [1.82, 2.24) is 25.0 Å². The Labute approximate surface area is 155 Å². The molecule has 0 fully saturated rings.